The number of amides is 1. The van der Waals surface area contributed by atoms with Gasteiger partial charge in [0.2, 0.25) is 10.0 Å². The molecule has 9 heteroatoms. The molecule has 8 nitrogen and oxygen atoms in total. The first-order valence-electron chi connectivity index (χ1n) is 10.3. The van der Waals surface area contributed by atoms with Gasteiger partial charge < -0.3 is 19.7 Å². The lowest BCUT2D eigenvalue weighted by Gasteiger charge is -2.32. The zero-order valence-electron chi connectivity index (χ0n) is 18.0. The van der Waals surface area contributed by atoms with Gasteiger partial charge in [-0.25, -0.2) is 8.42 Å². The highest BCUT2D eigenvalue weighted by Gasteiger charge is 2.28. The quantitative estimate of drug-likeness (QED) is 0.606. The van der Waals surface area contributed by atoms with Gasteiger partial charge in [-0.3, -0.25) is 4.79 Å². The Hall–Kier alpha value is -1.68. The summed E-state index contributed by atoms with van der Waals surface area (Å²) in [6.45, 7) is 12.4. The first-order valence-corrected chi connectivity index (χ1v) is 11.7. The van der Waals surface area contributed by atoms with Crippen LogP contribution in [0.15, 0.2) is 23.1 Å². The summed E-state index contributed by atoms with van der Waals surface area (Å²) < 4.78 is 38.4. The molecule has 1 aliphatic heterocycles. The average Bonchev–Trinajstić information content (AvgIpc) is 2.63. The van der Waals surface area contributed by atoms with E-state index in [-0.39, 0.29) is 29.6 Å². The number of hydrogen-bond acceptors (Lipinski definition) is 5. The Morgan fingerprint density at radius 1 is 1.21 bits per heavy atom. The lowest BCUT2D eigenvalue weighted by Crippen LogP contribution is -3.16. The predicted octanol–water partition coefficient (Wildman–Crippen LogP) is 0.746. The number of carbonyl (C=O) groups is 1. The normalized spacial score (nSPS) is 22.5. The number of nitrogens with zero attached hydrogens (tertiary/aromatic N) is 1. The number of rotatable bonds is 9. The fourth-order valence-electron chi connectivity index (χ4n) is 3.72. The maximum Gasteiger partial charge on any atom is 0.279 e. The largest absolute Gasteiger partial charge is 0.492 e. The molecule has 29 heavy (non-hydrogen) atoms. The third-order valence-electron chi connectivity index (χ3n) is 4.90. The summed E-state index contributed by atoms with van der Waals surface area (Å²) in [6, 6.07) is 4.60. The number of morpholine rings is 1. The Morgan fingerprint density at radius 3 is 2.38 bits per heavy atom. The van der Waals surface area contributed by atoms with Gasteiger partial charge in [0.1, 0.15) is 31.0 Å². The van der Waals surface area contributed by atoms with Gasteiger partial charge in [-0.1, -0.05) is 13.8 Å². The minimum Gasteiger partial charge on any atom is -0.492 e. The van der Waals surface area contributed by atoms with Crippen molar-refractivity contribution in [1.29, 1.82) is 0 Å². The second-order valence-electron chi connectivity index (χ2n) is 7.32. The summed E-state index contributed by atoms with van der Waals surface area (Å²) in [5.74, 6) is 0.276. The summed E-state index contributed by atoms with van der Waals surface area (Å²) >= 11 is 0. The van der Waals surface area contributed by atoms with Crippen molar-refractivity contribution in [3.8, 4) is 5.75 Å². The topological polar surface area (TPSA) is 89.4 Å². The Bertz CT molecular complexity index is 785. The Morgan fingerprint density at radius 2 is 1.83 bits per heavy atom. The van der Waals surface area contributed by atoms with Crippen LogP contribution in [0.1, 0.15) is 34.6 Å². The van der Waals surface area contributed by atoms with Crippen LogP contribution in [0, 0.1) is 0 Å². The minimum absolute atomic E-state index is 0.100. The van der Waals surface area contributed by atoms with Gasteiger partial charge >= 0.3 is 0 Å². The van der Waals surface area contributed by atoms with Crippen LogP contribution in [-0.4, -0.2) is 70.2 Å². The van der Waals surface area contributed by atoms with Gasteiger partial charge in [-0.05, 0) is 39.0 Å². The lowest BCUT2D eigenvalue weighted by atomic mass is 10.2. The van der Waals surface area contributed by atoms with Crippen LogP contribution in [0.3, 0.4) is 0 Å². The molecule has 0 spiro atoms. The van der Waals surface area contributed by atoms with E-state index in [1.807, 2.05) is 20.8 Å². The van der Waals surface area contributed by atoms with E-state index in [0.717, 1.165) is 18.0 Å². The summed E-state index contributed by atoms with van der Waals surface area (Å²) in [7, 11) is -3.63. The average molecular weight is 429 g/mol. The van der Waals surface area contributed by atoms with E-state index in [2.05, 4.69) is 5.32 Å². The Balaban J connectivity index is 2.22. The van der Waals surface area contributed by atoms with Crippen molar-refractivity contribution in [2.75, 3.05) is 44.6 Å². The molecule has 0 unspecified atom stereocenters. The molecule has 0 bridgehead atoms. The van der Waals surface area contributed by atoms with E-state index in [1.54, 1.807) is 19.9 Å². The number of ether oxygens (including phenoxy) is 2. The van der Waals surface area contributed by atoms with Crippen LogP contribution in [0.25, 0.3) is 0 Å². The van der Waals surface area contributed by atoms with Gasteiger partial charge in [0.25, 0.3) is 5.91 Å². The van der Waals surface area contributed by atoms with Crippen LogP contribution in [-0.2, 0) is 19.6 Å². The van der Waals surface area contributed by atoms with Crippen LogP contribution >= 0.6 is 0 Å². The SMILES string of the molecule is CCOc1ccc(S(=O)(=O)N(CC)CC)cc1NC(=O)C[NH+]1C[C@@H](C)O[C@H](C)C1. The predicted molar refractivity (Wildman–Crippen MR) is 112 cm³/mol. The molecule has 1 aromatic carbocycles. The minimum atomic E-state index is -3.63. The molecule has 2 atom stereocenters. The van der Waals surface area contributed by atoms with E-state index in [4.69, 9.17) is 9.47 Å². The maximum absolute atomic E-state index is 12.8. The van der Waals surface area contributed by atoms with E-state index in [0.29, 0.717) is 31.1 Å². The molecule has 164 valence electrons. The van der Waals surface area contributed by atoms with Crippen molar-refractivity contribution in [2.45, 2.75) is 51.7 Å². The summed E-state index contributed by atoms with van der Waals surface area (Å²) in [6.07, 6.45) is 0.200. The van der Waals surface area contributed by atoms with Gasteiger partial charge in [-0.2, -0.15) is 4.31 Å². The zero-order chi connectivity index (χ0) is 21.6. The molecular formula is C20H34N3O5S+. The maximum atomic E-state index is 12.8. The number of sulfonamides is 1. The van der Waals surface area contributed by atoms with Crippen molar-refractivity contribution in [3.05, 3.63) is 18.2 Å². The van der Waals surface area contributed by atoms with Crippen molar-refractivity contribution < 1.29 is 27.6 Å². The lowest BCUT2D eigenvalue weighted by molar-refractivity contribution is -0.907. The number of nitrogens with one attached hydrogen (secondary N) is 2. The van der Waals surface area contributed by atoms with Crippen molar-refractivity contribution in [3.63, 3.8) is 0 Å². The van der Waals surface area contributed by atoms with E-state index in [1.165, 1.54) is 16.4 Å². The molecule has 0 aliphatic carbocycles. The van der Waals surface area contributed by atoms with Gasteiger partial charge in [0.05, 0.1) is 17.2 Å². The Labute approximate surface area is 174 Å². The monoisotopic (exact) mass is 428 g/mol. The third kappa shape index (κ3) is 6.15. The first-order chi connectivity index (χ1) is 13.7. The van der Waals surface area contributed by atoms with Crippen LogP contribution in [0.2, 0.25) is 0 Å². The van der Waals surface area contributed by atoms with Gasteiger partial charge in [0.15, 0.2) is 6.54 Å². The van der Waals surface area contributed by atoms with Gasteiger partial charge in [-0.15, -0.1) is 0 Å². The first kappa shape index (κ1) is 23.6. The number of quaternary nitrogens is 1. The molecule has 0 saturated carbocycles. The highest BCUT2D eigenvalue weighted by Crippen LogP contribution is 2.29. The molecule has 1 aliphatic rings. The summed E-state index contributed by atoms with van der Waals surface area (Å²) in [5, 5.41) is 2.85. The second-order valence-corrected chi connectivity index (χ2v) is 9.26. The molecule has 1 amide bonds. The molecule has 1 fully saturated rings. The summed E-state index contributed by atoms with van der Waals surface area (Å²) in [5.41, 5.74) is 0.374. The number of hydrogen-bond donors (Lipinski definition) is 2. The standard InChI is InChI=1S/C20H33N3O5S/c1-6-23(7-2)29(25,26)17-9-10-19(27-8-3)18(11-17)21-20(24)14-22-12-15(4)28-16(5)13-22/h9-11,15-16H,6-8,12-14H2,1-5H3,(H,21,24)/p+1/t15-,16-/m1/s1. The molecule has 1 aromatic rings. The molecule has 1 saturated heterocycles. The fourth-order valence-corrected chi connectivity index (χ4v) is 5.20. The van der Waals surface area contributed by atoms with E-state index in [9.17, 15) is 13.2 Å². The molecule has 0 radical (unpaired) electrons. The molecule has 2 rings (SSSR count). The third-order valence-corrected chi connectivity index (χ3v) is 6.94. The molecule has 1 heterocycles. The number of benzene rings is 1. The highest BCUT2D eigenvalue weighted by atomic mass is 32.2. The highest BCUT2D eigenvalue weighted by molar-refractivity contribution is 7.89. The molecule has 2 N–H and O–H groups in total. The van der Waals surface area contributed by atoms with Crippen LogP contribution < -0.4 is 15.0 Å². The number of carbonyl (C=O) groups excluding carboxylic acids is 1. The van der Waals surface area contributed by atoms with E-state index < -0.39 is 10.0 Å². The van der Waals surface area contributed by atoms with Gasteiger partial charge in [0, 0.05) is 13.1 Å². The molecular weight excluding hydrogens is 394 g/mol. The molecule has 0 aromatic heterocycles. The fraction of sp³-hybridized carbons (Fsp3) is 0.650. The second kappa shape index (κ2) is 10.4. The van der Waals surface area contributed by atoms with Crippen molar-refractivity contribution in [1.82, 2.24) is 4.31 Å². The van der Waals surface area contributed by atoms with Crippen LogP contribution in [0.5, 0.6) is 5.75 Å². The van der Waals surface area contributed by atoms with Crippen molar-refractivity contribution in [2.24, 2.45) is 0 Å². The zero-order valence-corrected chi connectivity index (χ0v) is 18.8. The van der Waals surface area contributed by atoms with Crippen molar-refractivity contribution >= 4 is 21.6 Å². The Kier molecular flexibility index (Phi) is 8.45. The smallest absolute Gasteiger partial charge is 0.279 e. The summed E-state index contributed by atoms with van der Waals surface area (Å²) in [4.78, 5) is 13.9. The number of anilines is 1. The van der Waals surface area contributed by atoms with Crippen LogP contribution in [0.4, 0.5) is 5.69 Å². The van der Waals surface area contributed by atoms with E-state index >= 15 is 0 Å².